The Morgan fingerprint density at radius 1 is 1.19 bits per heavy atom. The van der Waals surface area contributed by atoms with Gasteiger partial charge in [-0.1, -0.05) is 30.7 Å². The predicted octanol–water partition coefficient (Wildman–Crippen LogP) is 3.54. The van der Waals surface area contributed by atoms with Gasteiger partial charge in [0.25, 0.3) is 0 Å². The normalized spacial score (nSPS) is 12.0. The van der Waals surface area contributed by atoms with Crippen LogP contribution in [0.3, 0.4) is 0 Å². The lowest BCUT2D eigenvalue weighted by molar-refractivity contribution is 0.819. The summed E-state index contributed by atoms with van der Waals surface area (Å²) in [6.45, 7) is 4.16. The molecule has 1 atom stereocenters. The van der Waals surface area contributed by atoms with Crippen LogP contribution in [0.4, 0.5) is 11.6 Å². The van der Waals surface area contributed by atoms with E-state index in [1.54, 1.807) is 6.07 Å². The molecule has 0 amide bonds. The van der Waals surface area contributed by atoms with Crippen molar-refractivity contribution in [3.63, 3.8) is 0 Å². The van der Waals surface area contributed by atoms with E-state index in [2.05, 4.69) is 34.6 Å². The predicted molar refractivity (Wildman–Crippen MR) is 87.3 cm³/mol. The molecule has 112 valence electrons. The SMILES string of the molecule is CCCc1nc(NN)cc(NC(C)c2ccc(Cl)cc2)n1. The Balaban J connectivity index is 2.17. The monoisotopic (exact) mass is 305 g/mol. The lowest BCUT2D eigenvalue weighted by atomic mass is 10.1. The molecule has 0 spiro atoms. The Morgan fingerprint density at radius 3 is 2.48 bits per heavy atom. The molecule has 21 heavy (non-hydrogen) atoms. The van der Waals surface area contributed by atoms with Crippen LogP contribution in [0.15, 0.2) is 30.3 Å². The number of benzene rings is 1. The number of halogens is 1. The van der Waals surface area contributed by atoms with Gasteiger partial charge in [0.1, 0.15) is 17.5 Å². The molecule has 1 unspecified atom stereocenters. The standard InChI is InChI=1S/C15H20ClN5/c1-3-4-13-19-14(9-15(20-13)21-17)18-10(2)11-5-7-12(16)8-6-11/h5-10H,3-4,17H2,1-2H3,(H2,18,19,20,21). The molecule has 0 aliphatic rings. The molecule has 0 saturated heterocycles. The highest BCUT2D eigenvalue weighted by molar-refractivity contribution is 6.30. The van der Waals surface area contributed by atoms with Crippen LogP contribution in [0, 0.1) is 0 Å². The number of hydrogen-bond donors (Lipinski definition) is 3. The van der Waals surface area contributed by atoms with E-state index in [1.165, 1.54) is 0 Å². The number of aryl methyl sites for hydroxylation is 1. The lowest BCUT2D eigenvalue weighted by Crippen LogP contribution is -2.14. The van der Waals surface area contributed by atoms with Crippen molar-refractivity contribution in [2.45, 2.75) is 32.7 Å². The van der Waals surface area contributed by atoms with Gasteiger partial charge in [0.2, 0.25) is 0 Å². The minimum absolute atomic E-state index is 0.109. The zero-order valence-corrected chi connectivity index (χ0v) is 13.0. The largest absolute Gasteiger partial charge is 0.363 e. The van der Waals surface area contributed by atoms with Gasteiger partial charge in [-0.3, -0.25) is 0 Å². The Kier molecular flexibility index (Phi) is 5.36. The molecule has 4 N–H and O–H groups in total. The van der Waals surface area contributed by atoms with Crippen LogP contribution < -0.4 is 16.6 Å². The van der Waals surface area contributed by atoms with Crippen molar-refractivity contribution < 1.29 is 0 Å². The quantitative estimate of drug-likeness (QED) is 0.562. The maximum Gasteiger partial charge on any atom is 0.145 e. The fourth-order valence-corrected chi connectivity index (χ4v) is 2.16. The highest BCUT2D eigenvalue weighted by Gasteiger charge is 2.09. The number of nitrogens with two attached hydrogens (primary N) is 1. The summed E-state index contributed by atoms with van der Waals surface area (Å²) in [4.78, 5) is 8.84. The number of nitrogens with zero attached hydrogens (tertiary/aromatic N) is 2. The minimum atomic E-state index is 0.109. The second kappa shape index (κ2) is 7.24. The van der Waals surface area contributed by atoms with Crippen molar-refractivity contribution in [1.29, 1.82) is 0 Å². The summed E-state index contributed by atoms with van der Waals surface area (Å²) in [7, 11) is 0. The van der Waals surface area contributed by atoms with Crippen LogP contribution in [0.1, 0.15) is 37.7 Å². The van der Waals surface area contributed by atoms with Crippen LogP contribution in [0.25, 0.3) is 0 Å². The number of anilines is 2. The topological polar surface area (TPSA) is 75.9 Å². The van der Waals surface area contributed by atoms with E-state index in [0.29, 0.717) is 5.82 Å². The molecule has 1 aromatic carbocycles. The third-order valence-electron chi connectivity index (χ3n) is 3.13. The molecule has 6 heteroatoms. The summed E-state index contributed by atoms with van der Waals surface area (Å²) in [5.41, 5.74) is 3.71. The molecule has 0 fully saturated rings. The summed E-state index contributed by atoms with van der Waals surface area (Å²) in [5.74, 6) is 7.60. The second-order valence-corrected chi connectivity index (χ2v) is 5.30. The number of hydrogen-bond acceptors (Lipinski definition) is 5. The first-order valence-electron chi connectivity index (χ1n) is 6.99. The molecule has 0 saturated carbocycles. The van der Waals surface area contributed by atoms with Gasteiger partial charge in [-0.2, -0.15) is 0 Å². The van der Waals surface area contributed by atoms with E-state index in [9.17, 15) is 0 Å². The van der Waals surface area contributed by atoms with Crippen LogP contribution in [-0.2, 0) is 6.42 Å². The molecule has 1 aromatic heterocycles. The fraction of sp³-hybridized carbons (Fsp3) is 0.333. The Bertz CT molecular complexity index is 585. The van der Waals surface area contributed by atoms with Crippen molar-refractivity contribution in [2.24, 2.45) is 5.84 Å². The van der Waals surface area contributed by atoms with Crippen molar-refractivity contribution >= 4 is 23.2 Å². The van der Waals surface area contributed by atoms with Crippen LogP contribution in [0.2, 0.25) is 5.02 Å². The van der Waals surface area contributed by atoms with Gasteiger partial charge < -0.3 is 10.7 Å². The van der Waals surface area contributed by atoms with Gasteiger partial charge >= 0.3 is 0 Å². The van der Waals surface area contributed by atoms with E-state index >= 15 is 0 Å². The second-order valence-electron chi connectivity index (χ2n) is 4.87. The highest BCUT2D eigenvalue weighted by atomic mass is 35.5. The van der Waals surface area contributed by atoms with E-state index < -0.39 is 0 Å². The zero-order chi connectivity index (χ0) is 15.2. The Labute approximate surface area is 129 Å². The summed E-state index contributed by atoms with van der Waals surface area (Å²) in [5, 5.41) is 4.09. The average Bonchev–Trinajstić information content (AvgIpc) is 2.48. The minimum Gasteiger partial charge on any atom is -0.363 e. The van der Waals surface area contributed by atoms with Gasteiger partial charge in [0.05, 0.1) is 0 Å². The maximum atomic E-state index is 5.91. The molecule has 0 aliphatic heterocycles. The lowest BCUT2D eigenvalue weighted by Gasteiger charge is -2.16. The molecule has 0 aliphatic carbocycles. The smallest absolute Gasteiger partial charge is 0.145 e. The van der Waals surface area contributed by atoms with Crippen molar-refractivity contribution in [3.05, 3.63) is 46.7 Å². The molecule has 0 radical (unpaired) electrons. The van der Waals surface area contributed by atoms with Crippen molar-refractivity contribution in [1.82, 2.24) is 9.97 Å². The number of aromatic nitrogens is 2. The summed E-state index contributed by atoms with van der Waals surface area (Å²) >= 11 is 5.91. The maximum absolute atomic E-state index is 5.91. The van der Waals surface area contributed by atoms with Crippen molar-refractivity contribution in [3.8, 4) is 0 Å². The van der Waals surface area contributed by atoms with E-state index in [1.807, 2.05) is 24.3 Å². The number of rotatable bonds is 6. The average molecular weight is 306 g/mol. The van der Waals surface area contributed by atoms with E-state index in [4.69, 9.17) is 17.4 Å². The number of hydrazine groups is 1. The highest BCUT2D eigenvalue weighted by Crippen LogP contribution is 2.21. The molecule has 0 bridgehead atoms. The number of nitrogens with one attached hydrogen (secondary N) is 2. The first-order valence-corrected chi connectivity index (χ1v) is 7.36. The first kappa shape index (κ1) is 15.5. The first-order chi connectivity index (χ1) is 10.1. The zero-order valence-electron chi connectivity index (χ0n) is 12.2. The van der Waals surface area contributed by atoms with Crippen LogP contribution in [-0.4, -0.2) is 9.97 Å². The molecular weight excluding hydrogens is 286 g/mol. The molecule has 1 heterocycles. The molecule has 2 rings (SSSR count). The van der Waals surface area contributed by atoms with Gasteiger partial charge in [-0.15, -0.1) is 0 Å². The Morgan fingerprint density at radius 2 is 1.86 bits per heavy atom. The summed E-state index contributed by atoms with van der Waals surface area (Å²) < 4.78 is 0. The fourth-order valence-electron chi connectivity index (χ4n) is 2.04. The van der Waals surface area contributed by atoms with Gasteiger partial charge in [-0.05, 0) is 31.0 Å². The molecule has 2 aromatic rings. The van der Waals surface area contributed by atoms with Crippen LogP contribution in [0.5, 0.6) is 0 Å². The van der Waals surface area contributed by atoms with Gasteiger partial charge in [-0.25, -0.2) is 15.8 Å². The van der Waals surface area contributed by atoms with Gasteiger partial charge in [0, 0.05) is 23.6 Å². The van der Waals surface area contributed by atoms with Gasteiger partial charge in [0.15, 0.2) is 0 Å². The third-order valence-corrected chi connectivity index (χ3v) is 3.38. The van der Waals surface area contributed by atoms with E-state index in [-0.39, 0.29) is 6.04 Å². The van der Waals surface area contributed by atoms with E-state index in [0.717, 1.165) is 35.1 Å². The summed E-state index contributed by atoms with van der Waals surface area (Å²) in [6, 6.07) is 9.66. The third kappa shape index (κ3) is 4.31. The van der Waals surface area contributed by atoms with Crippen LogP contribution >= 0.6 is 11.6 Å². The number of nitrogen functional groups attached to an aromatic ring is 1. The van der Waals surface area contributed by atoms with Crippen molar-refractivity contribution in [2.75, 3.05) is 10.7 Å². The molecule has 5 nitrogen and oxygen atoms in total. The molecular formula is C15H20ClN5. The Hall–Kier alpha value is -1.85. The summed E-state index contributed by atoms with van der Waals surface area (Å²) in [6.07, 6.45) is 1.81.